The zero-order chi connectivity index (χ0) is 10.6. The molecule has 0 heterocycles. The van der Waals surface area contributed by atoms with Crippen LogP contribution in [0.4, 0.5) is 4.39 Å². The first-order valence-electron chi connectivity index (χ1n) is 4.30. The molecule has 0 saturated carbocycles. The molecule has 4 heteroatoms. The highest BCUT2D eigenvalue weighted by atomic mass is 19.1. The molecule has 0 spiro atoms. The number of carboxylic acid groups (broad SMARTS) is 1. The van der Waals surface area contributed by atoms with Gasteiger partial charge in [-0.25, -0.2) is 9.18 Å². The normalized spacial score (nSPS) is 9.86. The molecule has 0 unspecified atom stereocenters. The Morgan fingerprint density at radius 3 is 2.86 bits per heavy atom. The lowest BCUT2D eigenvalue weighted by Gasteiger charge is -2.07. The maximum Gasteiger partial charge on any atom is 0.339 e. The van der Waals surface area contributed by atoms with Crippen molar-refractivity contribution in [2.45, 2.75) is 13.3 Å². The van der Waals surface area contributed by atoms with Crippen LogP contribution in [0.1, 0.15) is 23.7 Å². The first-order valence-corrected chi connectivity index (χ1v) is 4.30. The molecule has 1 aromatic rings. The third-order valence-electron chi connectivity index (χ3n) is 1.64. The van der Waals surface area contributed by atoms with E-state index in [1.165, 1.54) is 6.07 Å². The van der Waals surface area contributed by atoms with Gasteiger partial charge in [-0.15, -0.1) is 0 Å². The third kappa shape index (κ3) is 2.45. The van der Waals surface area contributed by atoms with E-state index in [1.807, 2.05) is 6.92 Å². The molecule has 0 radical (unpaired) electrons. The Morgan fingerprint density at radius 2 is 2.29 bits per heavy atom. The van der Waals surface area contributed by atoms with E-state index in [4.69, 9.17) is 9.84 Å². The number of carbonyl (C=O) groups is 1. The summed E-state index contributed by atoms with van der Waals surface area (Å²) in [7, 11) is 0. The highest BCUT2D eigenvalue weighted by molar-refractivity contribution is 5.90. The Hall–Kier alpha value is -1.58. The van der Waals surface area contributed by atoms with Crippen molar-refractivity contribution in [2.75, 3.05) is 6.61 Å². The standard InChI is InChI=1S/C10H11FO3/c1-2-5-14-9-6-7(11)3-4-8(9)10(12)13/h3-4,6H,2,5H2,1H3,(H,12,13). The van der Waals surface area contributed by atoms with Gasteiger partial charge in [0, 0.05) is 6.07 Å². The minimum absolute atomic E-state index is 0.0140. The maximum absolute atomic E-state index is 12.8. The first kappa shape index (κ1) is 10.5. The minimum Gasteiger partial charge on any atom is -0.493 e. The van der Waals surface area contributed by atoms with Gasteiger partial charge in [0.1, 0.15) is 17.1 Å². The zero-order valence-electron chi connectivity index (χ0n) is 7.79. The van der Waals surface area contributed by atoms with Crippen molar-refractivity contribution in [3.63, 3.8) is 0 Å². The number of ether oxygens (including phenoxy) is 1. The van der Waals surface area contributed by atoms with E-state index in [9.17, 15) is 9.18 Å². The second-order valence-electron chi connectivity index (χ2n) is 2.79. The molecule has 3 nitrogen and oxygen atoms in total. The van der Waals surface area contributed by atoms with Crippen LogP contribution in [0, 0.1) is 5.82 Å². The molecule has 76 valence electrons. The number of halogens is 1. The van der Waals surface area contributed by atoms with Gasteiger partial charge in [0.15, 0.2) is 0 Å². The fraction of sp³-hybridized carbons (Fsp3) is 0.300. The van der Waals surface area contributed by atoms with Crippen molar-refractivity contribution >= 4 is 5.97 Å². The molecule has 0 aromatic heterocycles. The van der Waals surface area contributed by atoms with Crippen LogP contribution in [0.25, 0.3) is 0 Å². The molecule has 0 saturated heterocycles. The molecular weight excluding hydrogens is 187 g/mol. The largest absolute Gasteiger partial charge is 0.493 e. The second kappa shape index (κ2) is 4.60. The van der Waals surface area contributed by atoms with Gasteiger partial charge in [-0.2, -0.15) is 0 Å². The monoisotopic (exact) mass is 198 g/mol. The van der Waals surface area contributed by atoms with Crippen molar-refractivity contribution < 1.29 is 19.0 Å². The number of hydrogen-bond acceptors (Lipinski definition) is 2. The van der Waals surface area contributed by atoms with E-state index in [1.54, 1.807) is 0 Å². The Morgan fingerprint density at radius 1 is 1.57 bits per heavy atom. The van der Waals surface area contributed by atoms with Gasteiger partial charge in [-0.3, -0.25) is 0 Å². The van der Waals surface area contributed by atoms with Crippen LogP contribution in [0.15, 0.2) is 18.2 Å². The summed E-state index contributed by atoms with van der Waals surface area (Å²) in [4.78, 5) is 10.7. The molecule has 0 amide bonds. The van der Waals surface area contributed by atoms with E-state index in [0.717, 1.165) is 18.6 Å². The van der Waals surface area contributed by atoms with Gasteiger partial charge in [0.05, 0.1) is 6.61 Å². The predicted octanol–water partition coefficient (Wildman–Crippen LogP) is 2.31. The Balaban J connectivity index is 2.97. The lowest BCUT2D eigenvalue weighted by atomic mass is 10.2. The summed E-state index contributed by atoms with van der Waals surface area (Å²) in [6, 6.07) is 3.38. The lowest BCUT2D eigenvalue weighted by Crippen LogP contribution is -2.04. The maximum atomic E-state index is 12.8. The van der Waals surface area contributed by atoms with Crippen LogP contribution in [-0.4, -0.2) is 17.7 Å². The highest BCUT2D eigenvalue weighted by Gasteiger charge is 2.11. The van der Waals surface area contributed by atoms with Gasteiger partial charge in [0.2, 0.25) is 0 Å². The fourth-order valence-corrected chi connectivity index (χ4v) is 1.00. The molecule has 0 aliphatic carbocycles. The quantitative estimate of drug-likeness (QED) is 0.807. The van der Waals surface area contributed by atoms with Crippen molar-refractivity contribution in [3.05, 3.63) is 29.6 Å². The lowest BCUT2D eigenvalue weighted by molar-refractivity contribution is 0.0692. The van der Waals surface area contributed by atoms with Gasteiger partial charge in [-0.1, -0.05) is 6.92 Å². The summed E-state index contributed by atoms with van der Waals surface area (Å²) in [6.07, 6.45) is 0.746. The molecular formula is C10H11FO3. The van der Waals surface area contributed by atoms with Crippen molar-refractivity contribution in [1.82, 2.24) is 0 Å². The average molecular weight is 198 g/mol. The van der Waals surface area contributed by atoms with Crippen molar-refractivity contribution in [3.8, 4) is 5.75 Å². The molecule has 0 atom stereocenters. The molecule has 0 bridgehead atoms. The average Bonchev–Trinajstić information content (AvgIpc) is 2.14. The summed E-state index contributed by atoms with van der Waals surface area (Å²) in [5.74, 6) is -1.53. The van der Waals surface area contributed by atoms with Crippen LogP contribution < -0.4 is 4.74 Å². The van der Waals surface area contributed by atoms with E-state index in [-0.39, 0.29) is 11.3 Å². The van der Waals surface area contributed by atoms with Gasteiger partial charge in [-0.05, 0) is 18.6 Å². The van der Waals surface area contributed by atoms with E-state index >= 15 is 0 Å². The SMILES string of the molecule is CCCOc1cc(F)ccc1C(=O)O. The van der Waals surface area contributed by atoms with Gasteiger partial charge >= 0.3 is 5.97 Å². The number of hydrogen-bond donors (Lipinski definition) is 1. The Kier molecular flexibility index (Phi) is 3.45. The smallest absolute Gasteiger partial charge is 0.339 e. The molecule has 0 aliphatic heterocycles. The van der Waals surface area contributed by atoms with Crippen LogP contribution in [0.3, 0.4) is 0 Å². The molecule has 1 N–H and O–H groups in total. The Labute approximate surface area is 81.1 Å². The summed E-state index contributed by atoms with van der Waals surface area (Å²) >= 11 is 0. The molecule has 14 heavy (non-hydrogen) atoms. The summed E-state index contributed by atoms with van der Waals surface area (Å²) in [5.41, 5.74) is -0.0140. The summed E-state index contributed by atoms with van der Waals surface area (Å²) in [6.45, 7) is 2.27. The predicted molar refractivity (Wildman–Crippen MR) is 49.1 cm³/mol. The van der Waals surface area contributed by atoms with Gasteiger partial charge in [0.25, 0.3) is 0 Å². The van der Waals surface area contributed by atoms with Crippen molar-refractivity contribution in [1.29, 1.82) is 0 Å². The number of benzene rings is 1. The summed E-state index contributed by atoms with van der Waals surface area (Å²) < 4.78 is 17.9. The van der Waals surface area contributed by atoms with Gasteiger partial charge < -0.3 is 9.84 Å². The number of aromatic carboxylic acids is 1. The minimum atomic E-state index is -1.11. The van der Waals surface area contributed by atoms with E-state index in [0.29, 0.717) is 6.61 Å². The van der Waals surface area contributed by atoms with Crippen LogP contribution in [0.2, 0.25) is 0 Å². The Bertz CT molecular complexity index is 336. The molecule has 0 fully saturated rings. The number of carboxylic acids is 1. The van der Waals surface area contributed by atoms with Crippen LogP contribution in [0.5, 0.6) is 5.75 Å². The molecule has 0 aliphatic rings. The van der Waals surface area contributed by atoms with E-state index in [2.05, 4.69) is 0 Å². The van der Waals surface area contributed by atoms with E-state index < -0.39 is 11.8 Å². The molecule has 1 aromatic carbocycles. The third-order valence-corrected chi connectivity index (χ3v) is 1.64. The first-order chi connectivity index (χ1) is 6.65. The van der Waals surface area contributed by atoms with Crippen LogP contribution >= 0.6 is 0 Å². The highest BCUT2D eigenvalue weighted by Crippen LogP contribution is 2.20. The molecule has 1 rings (SSSR count). The number of rotatable bonds is 4. The topological polar surface area (TPSA) is 46.5 Å². The second-order valence-corrected chi connectivity index (χ2v) is 2.79. The van der Waals surface area contributed by atoms with Crippen molar-refractivity contribution in [2.24, 2.45) is 0 Å². The summed E-state index contributed by atoms with van der Waals surface area (Å²) in [5, 5.41) is 8.75. The zero-order valence-corrected chi connectivity index (χ0v) is 7.79. The van der Waals surface area contributed by atoms with Crippen LogP contribution in [-0.2, 0) is 0 Å². The fourth-order valence-electron chi connectivity index (χ4n) is 1.00.